The van der Waals surface area contributed by atoms with Crippen molar-refractivity contribution in [3.05, 3.63) is 12.8 Å². The van der Waals surface area contributed by atoms with Crippen LogP contribution in [0.25, 0.3) is 0 Å². The van der Waals surface area contributed by atoms with E-state index in [4.69, 9.17) is 0 Å². The molecule has 0 saturated carbocycles. The molecule has 12 heavy (non-hydrogen) atoms. The maximum Gasteiger partial charge on any atom is 0.235 e. The summed E-state index contributed by atoms with van der Waals surface area (Å²) in [6.45, 7) is 7.38. The topological polar surface area (TPSA) is 37.4 Å². The van der Waals surface area contributed by atoms with Crippen molar-refractivity contribution < 1.29 is 8.42 Å². The molecule has 1 aliphatic heterocycles. The quantitative estimate of drug-likeness (QED) is 0.621. The second-order valence-electron chi connectivity index (χ2n) is 3.48. The number of rotatable bonds is 1. The lowest BCUT2D eigenvalue weighted by Gasteiger charge is -2.34. The molecule has 1 saturated heterocycles. The summed E-state index contributed by atoms with van der Waals surface area (Å²) in [6, 6.07) is 0.0660. The zero-order valence-electron chi connectivity index (χ0n) is 7.53. The lowest BCUT2D eigenvalue weighted by molar-refractivity contribution is 0.331. The van der Waals surface area contributed by atoms with Crippen LogP contribution in [0.1, 0.15) is 20.3 Å². The second-order valence-corrected chi connectivity index (χ2v) is 5.40. The van der Waals surface area contributed by atoms with E-state index in [1.807, 2.05) is 13.8 Å². The predicted octanol–water partition coefficient (Wildman–Crippen LogP) is 1.19. The van der Waals surface area contributed by atoms with E-state index >= 15 is 0 Å². The van der Waals surface area contributed by atoms with Crippen LogP contribution in [0.4, 0.5) is 0 Å². The Hall–Kier alpha value is -0.510. The first kappa shape index (κ1) is 9.58. The molecule has 0 aromatic rings. The zero-order chi connectivity index (χ0) is 9.35. The molecule has 0 aliphatic carbocycles. The van der Waals surface area contributed by atoms with Crippen LogP contribution in [0.3, 0.4) is 0 Å². The molecule has 2 atom stereocenters. The Morgan fingerprint density at radius 2 is 2.08 bits per heavy atom. The fourth-order valence-electron chi connectivity index (χ4n) is 1.77. The summed E-state index contributed by atoms with van der Waals surface area (Å²) in [4.78, 5) is 0. The van der Waals surface area contributed by atoms with Gasteiger partial charge < -0.3 is 0 Å². The van der Waals surface area contributed by atoms with Crippen LogP contribution in [0.15, 0.2) is 12.8 Å². The number of sulfonamides is 1. The van der Waals surface area contributed by atoms with Crippen molar-refractivity contribution in [2.45, 2.75) is 26.3 Å². The van der Waals surface area contributed by atoms with Crippen LogP contribution in [0.2, 0.25) is 0 Å². The third-order valence-electron chi connectivity index (χ3n) is 2.17. The molecule has 0 bridgehead atoms. The summed E-state index contributed by atoms with van der Waals surface area (Å²) < 4.78 is 24.3. The van der Waals surface area contributed by atoms with Crippen molar-refractivity contribution in [2.24, 2.45) is 5.92 Å². The SMILES string of the molecule is C=CN1C(C)CC(C)CS1(=O)=O. The normalized spacial score (nSPS) is 34.7. The first-order valence-corrected chi connectivity index (χ1v) is 5.72. The summed E-state index contributed by atoms with van der Waals surface area (Å²) in [5.74, 6) is 0.518. The summed E-state index contributed by atoms with van der Waals surface area (Å²) in [6.07, 6.45) is 2.33. The largest absolute Gasteiger partial charge is 0.275 e. The van der Waals surface area contributed by atoms with Gasteiger partial charge in [0.05, 0.1) is 5.75 Å². The summed E-state index contributed by atoms with van der Waals surface area (Å²) in [5, 5.41) is 0. The van der Waals surface area contributed by atoms with E-state index in [2.05, 4.69) is 6.58 Å². The van der Waals surface area contributed by atoms with Crippen molar-refractivity contribution >= 4 is 10.0 Å². The molecule has 0 amide bonds. The maximum absolute atomic E-state index is 11.5. The molecule has 1 fully saturated rings. The van der Waals surface area contributed by atoms with Gasteiger partial charge in [0, 0.05) is 12.2 Å². The van der Waals surface area contributed by atoms with Gasteiger partial charge in [0.2, 0.25) is 10.0 Å². The summed E-state index contributed by atoms with van der Waals surface area (Å²) >= 11 is 0. The Bertz CT molecular complexity index is 271. The molecule has 1 rings (SSSR count). The van der Waals surface area contributed by atoms with Gasteiger partial charge in [-0.25, -0.2) is 8.42 Å². The van der Waals surface area contributed by atoms with Crippen LogP contribution >= 0.6 is 0 Å². The average Bonchev–Trinajstić information content (AvgIpc) is 1.82. The highest BCUT2D eigenvalue weighted by molar-refractivity contribution is 7.89. The van der Waals surface area contributed by atoms with Crippen LogP contribution in [0.5, 0.6) is 0 Å². The van der Waals surface area contributed by atoms with E-state index in [1.54, 1.807) is 0 Å². The van der Waals surface area contributed by atoms with Crippen molar-refractivity contribution in [2.75, 3.05) is 5.75 Å². The minimum absolute atomic E-state index is 0.0660. The molecular weight excluding hydrogens is 174 g/mol. The lowest BCUT2D eigenvalue weighted by Crippen LogP contribution is -2.43. The van der Waals surface area contributed by atoms with Crippen molar-refractivity contribution in [1.29, 1.82) is 0 Å². The monoisotopic (exact) mass is 189 g/mol. The van der Waals surface area contributed by atoms with E-state index in [-0.39, 0.29) is 17.7 Å². The Balaban J connectivity index is 2.93. The van der Waals surface area contributed by atoms with Crippen LogP contribution in [0, 0.1) is 5.92 Å². The standard InChI is InChI=1S/C8H15NO2S/c1-4-9-8(3)5-7(2)6-12(9,10)11/h4,7-8H,1,5-6H2,2-3H3. The summed E-state index contributed by atoms with van der Waals surface area (Å²) in [7, 11) is -3.06. The van der Waals surface area contributed by atoms with Gasteiger partial charge in [-0.3, -0.25) is 4.31 Å². The molecule has 0 aromatic carbocycles. The highest BCUT2D eigenvalue weighted by Crippen LogP contribution is 2.24. The van der Waals surface area contributed by atoms with Crippen LogP contribution in [-0.2, 0) is 10.0 Å². The molecular formula is C8H15NO2S. The van der Waals surface area contributed by atoms with E-state index in [0.717, 1.165) is 6.42 Å². The first-order chi connectivity index (χ1) is 5.47. The summed E-state index contributed by atoms with van der Waals surface area (Å²) in [5.41, 5.74) is 0. The van der Waals surface area contributed by atoms with E-state index < -0.39 is 10.0 Å². The van der Waals surface area contributed by atoms with Gasteiger partial charge in [-0.1, -0.05) is 13.5 Å². The Labute approximate surface area is 74.1 Å². The highest BCUT2D eigenvalue weighted by Gasteiger charge is 2.32. The van der Waals surface area contributed by atoms with E-state index in [0.29, 0.717) is 0 Å². The molecule has 3 nitrogen and oxygen atoms in total. The molecule has 1 heterocycles. The Morgan fingerprint density at radius 3 is 2.50 bits per heavy atom. The minimum Gasteiger partial charge on any atom is -0.275 e. The van der Waals surface area contributed by atoms with Gasteiger partial charge in [0.1, 0.15) is 0 Å². The number of hydrogen-bond acceptors (Lipinski definition) is 2. The maximum atomic E-state index is 11.5. The molecule has 1 aliphatic rings. The number of nitrogens with zero attached hydrogens (tertiary/aromatic N) is 1. The van der Waals surface area contributed by atoms with E-state index in [1.165, 1.54) is 10.5 Å². The Morgan fingerprint density at radius 1 is 1.50 bits per heavy atom. The van der Waals surface area contributed by atoms with Crippen molar-refractivity contribution in [1.82, 2.24) is 4.31 Å². The fourth-order valence-corrected chi connectivity index (χ4v) is 3.66. The molecule has 0 N–H and O–H groups in total. The van der Waals surface area contributed by atoms with Gasteiger partial charge in [0.15, 0.2) is 0 Å². The molecule has 70 valence electrons. The Kier molecular flexibility index (Phi) is 2.46. The molecule has 0 radical (unpaired) electrons. The lowest BCUT2D eigenvalue weighted by atomic mass is 10.1. The second kappa shape index (κ2) is 3.09. The van der Waals surface area contributed by atoms with Crippen LogP contribution in [-0.4, -0.2) is 24.5 Å². The minimum atomic E-state index is -3.06. The fraction of sp³-hybridized carbons (Fsp3) is 0.750. The average molecular weight is 189 g/mol. The van der Waals surface area contributed by atoms with Gasteiger partial charge >= 0.3 is 0 Å². The predicted molar refractivity (Wildman–Crippen MR) is 49.1 cm³/mol. The first-order valence-electron chi connectivity index (χ1n) is 4.11. The van der Waals surface area contributed by atoms with Gasteiger partial charge in [-0.2, -0.15) is 0 Å². The molecule has 0 aromatic heterocycles. The van der Waals surface area contributed by atoms with Crippen LogP contribution < -0.4 is 0 Å². The van der Waals surface area contributed by atoms with Gasteiger partial charge in [-0.05, 0) is 19.3 Å². The smallest absolute Gasteiger partial charge is 0.235 e. The third kappa shape index (κ3) is 1.63. The van der Waals surface area contributed by atoms with Crippen molar-refractivity contribution in [3.63, 3.8) is 0 Å². The number of hydrogen-bond donors (Lipinski definition) is 0. The molecule has 2 unspecified atom stereocenters. The zero-order valence-corrected chi connectivity index (χ0v) is 8.34. The third-order valence-corrected chi connectivity index (χ3v) is 4.32. The van der Waals surface area contributed by atoms with Gasteiger partial charge in [0.25, 0.3) is 0 Å². The molecule has 0 spiro atoms. The molecule has 4 heteroatoms. The van der Waals surface area contributed by atoms with Crippen molar-refractivity contribution in [3.8, 4) is 0 Å². The van der Waals surface area contributed by atoms with Gasteiger partial charge in [-0.15, -0.1) is 0 Å². The van der Waals surface area contributed by atoms with E-state index in [9.17, 15) is 8.42 Å². The highest BCUT2D eigenvalue weighted by atomic mass is 32.2.